The van der Waals surface area contributed by atoms with Crippen molar-refractivity contribution in [1.82, 2.24) is 9.88 Å². The largest absolute Gasteiger partial charge is 0.359 e. The molecule has 0 aliphatic rings. The Morgan fingerprint density at radius 3 is 2.86 bits per heavy atom. The lowest BCUT2D eigenvalue weighted by atomic mass is 10.3. The van der Waals surface area contributed by atoms with Gasteiger partial charge in [-0.05, 0) is 19.2 Å². The number of aromatic nitrogens is 1. The number of nitrogens with zero attached hydrogens (tertiary/aromatic N) is 1. The van der Waals surface area contributed by atoms with E-state index in [1.54, 1.807) is 18.3 Å². The highest BCUT2D eigenvalue weighted by Crippen LogP contribution is 2.00. The van der Waals surface area contributed by atoms with Gasteiger partial charge in [-0.2, -0.15) is 0 Å². The highest BCUT2D eigenvalue weighted by atomic mass is 19.3. The molecule has 14 heavy (non-hydrogen) atoms. The minimum atomic E-state index is -2.41. The molecule has 0 aliphatic carbocycles. The monoisotopic (exact) mass is 202 g/mol. The van der Waals surface area contributed by atoms with Gasteiger partial charge < -0.3 is 4.98 Å². The molecule has 1 N–H and O–H groups in total. The fourth-order valence-corrected chi connectivity index (χ4v) is 1.13. The maximum atomic E-state index is 11.9. The third-order valence-electron chi connectivity index (χ3n) is 1.76. The molecule has 0 fully saturated rings. The number of hydrogen-bond donors (Lipinski definition) is 1. The van der Waals surface area contributed by atoms with Crippen LogP contribution in [0.3, 0.4) is 0 Å². The van der Waals surface area contributed by atoms with Crippen LogP contribution < -0.4 is 0 Å². The topological polar surface area (TPSA) is 36.1 Å². The summed E-state index contributed by atoms with van der Waals surface area (Å²) in [4.78, 5) is 15.4. The number of aromatic amines is 1. The summed E-state index contributed by atoms with van der Waals surface area (Å²) in [5.74, 6) is -0.182. The van der Waals surface area contributed by atoms with Crippen LogP contribution in [0, 0.1) is 0 Å². The zero-order valence-electron chi connectivity index (χ0n) is 7.84. The minimum absolute atomic E-state index is 0.00481. The van der Waals surface area contributed by atoms with Crippen LogP contribution in [0.1, 0.15) is 10.5 Å². The maximum Gasteiger partial charge on any atom is 0.251 e. The van der Waals surface area contributed by atoms with Crippen LogP contribution in [-0.2, 0) is 0 Å². The second kappa shape index (κ2) is 4.85. The third-order valence-corrected chi connectivity index (χ3v) is 1.76. The summed E-state index contributed by atoms with van der Waals surface area (Å²) in [6.07, 6.45) is -0.781. The molecule has 0 unspecified atom stereocenters. The smallest absolute Gasteiger partial charge is 0.251 e. The summed E-state index contributed by atoms with van der Waals surface area (Å²) in [7, 11) is 1.49. The molecule has 0 aliphatic heterocycles. The first-order valence-electron chi connectivity index (χ1n) is 4.23. The van der Waals surface area contributed by atoms with E-state index in [-0.39, 0.29) is 18.9 Å². The van der Waals surface area contributed by atoms with E-state index in [9.17, 15) is 13.6 Å². The van der Waals surface area contributed by atoms with Crippen LogP contribution in [0.25, 0.3) is 0 Å². The van der Waals surface area contributed by atoms with Crippen molar-refractivity contribution in [2.45, 2.75) is 6.43 Å². The molecule has 0 atom stereocenters. The van der Waals surface area contributed by atoms with E-state index in [1.807, 2.05) is 0 Å². The van der Waals surface area contributed by atoms with Gasteiger partial charge in [0.05, 0.1) is 18.8 Å². The number of halogens is 2. The fourth-order valence-electron chi connectivity index (χ4n) is 1.13. The van der Waals surface area contributed by atoms with Gasteiger partial charge in [-0.3, -0.25) is 9.69 Å². The number of carbonyl (C=O) groups excluding carboxylic acids is 1. The zero-order chi connectivity index (χ0) is 10.6. The van der Waals surface area contributed by atoms with Crippen LogP contribution in [0.5, 0.6) is 0 Å². The summed E-state index contributed by atoms with van der Waals surface area (Å²) >= 11 is 0. The van der Waals surface area contributed by atoms with Crippen molar-refractivity contribution in [3.8, 4) is 0 Å². The SMILES string of the molecule is CN(CC(=O)c1ccc[nH]1)CC(F)F. The molecule has 0 amide bonds. The molecular weight excluding hydrogens is 190 g/mol. The molecule has 0 radical (unpaired) electrons. The van der Waals surface area contributed by atoms with E-state index in [0.29, 0.717) is 5.69 Å². The lowest BCUT2D eigenvalue weighted by Gasteiger charge is -2.13. The number of H-pyrrole nitrogens is 1. The van der Waals surface area contributed by atoms with Crippen molar-refractivity contribution in [3.63, 3.8) is 0 Å². The molecule has 3 nitrogen and oxygen atoms in total. The van der Waals surface area contributed by atoms with Crippen LogP contribution >= 0.6 is 0 Å². The number of Topliss-reactive ketones (excluding diaryl/α,β-unsaturated/α-hetero) is 1. The molecule has 0 saturated heterocycles. The predicted molar refractivity (Wildman–Crippen MR) is 48.6 cm³/mol. The van der Waals surface area contributed by atoms with Gasteiger partial charge in [0.25, 0.3) is 6.43 Å². The maximum absolute atomic E-state index is 11.9. The van der Waals surface area contributed by atoms with E-state index >= 15 is 0 Å². The van der Waals surface area contributed by atoms with Gasteiger partial charge in [0, 0.05) is 6.20 Å². The van der Waals surface area contributed by atoms with Crippen molar-refractivity contribution in [2.75, 3.05) is 20.1 Å². The van der Waals surface area contributed by atoms with Crippen LogP contribution in [0.15, 0.2) is 18.3 Å². The van der Waals surface area contributed by atoms with E-state index < -0.39 is 6.43 Å². The first kappa shape index (κ1) is 10.8. The first-order chi connectivity index (χ1) is 6.59. The highest BCUT2D eigenvalue weighted by molar-refractivity contribution is 5.95. The molecule has 0 aromatic carbocycles. The van der Waals surface area contributed by atoms with Crippen LogP contribution in [-0.4, -0.2) is 42.2 Å². The summed E-state index contributed by atoms with van der Waals surface area (Å²) in [5.41, 5.74) is 0.450. The summed E-state index contributed by atoms with van der Waals surface area (Å²) < 4.78 is 23.8. The molecule has 0 bridgehead atoms. The molecule has 1 aromatic heterocycles. The van der Waals surface area contributed by atoms with Crippen molar-refractivity contribution in [3.05, 3.63) is 24.0 Å². The normalized spacial score (nSPS) is 11.2. The Balaban J connectivity index is 2.41. The second-order valence-corrected chi connectivity index (χ2v) is 3.09. The Morgan fingerprint density at radius 1 is 1.64 bits per heavy atom. The average Bonchev–Trinajstić information content (AvgIpc) is 2.53. The van der Waals surface area contributed by atoms with E-state index in [1.165, 1.54) is 11.9 Å². The third kappa shape index (κ3) is 3.26. The van der Waals surface area contributed by atoms with Gasteiger partial charge >= 0.3 is 0 Å². The predicted octanol–water partition coefficient (Wildman–Crippen LogP) is 1.39. The second-order valence-electron chi connectivity index (χ2n) is 3.09. The number of carbonyl (C=O) groups is 1. The Hall–Kier alpha value is -1.23. The average molecular weight is 202 g/mol. The van der Waals surface area contributed by atoms with Gasteiger partial charge in [-0.15, -0.1) is 0 Å². The number of rotatable bonds is 5. The highest BCUT2D eigenvalue weighted by Gasteiger charge is 2.13. The summed E-state index contributed by atoms with van der Waals surface area (Å²) in [6.45, 7) is -0.378. The van der Waals surface area contributed by atoms with Gasteiger partial charge in [-0.1, -0.05) is 0 Å². The molecule has 0 spiro atoms. The number of alkyl halides is 2. The van der Waals surface area contributed by atoms with Crippen LogP contribution in [0.2, 0.25) is 0 Å². The standard InChI is InChI=1S/C9H12F2N2O/c1-13(6-9(10)11)5-8(14)7-3-2-4-12-7/h2-4,9,12H,5-6H2,1H3. The lowest BCUT2D eigenvalue weighted by molar-refractivity contribution is 0.0816. The first-order valence-corrected chi connectivity index (χ1v) is 4.23. The van der Waals surface area contributed by atoms with Gasteiger partial charge in [0.1, 0.15) is 0 Å². The van der Waals surface area contributed by atoms with Crippen molar-refractivity contribution >= 4 is 5.78 Å². The van der Waals surface area contributed by atoms with E-state index in [0.717, 1.165) is 0 Å². The quantitative estimate of drug-likeness (QED) is 0.732. The molecule has 1 aromatic rings. The number of likely N-dealkylation sites (N-methyl/N-ethyl adjacent to an activating group) is 1. The number of nitrogens with one attached hydrogen (secondary N) is 1. The molecule has 78 valence electrons. The van der Waals surface area contributed by atoms with Crippen molar-refractivity contribution < 1.29 is 13.6 Å². The minimum Gasteiger partial charge on any atom is -0.359 e. The molecular formula is C9H12F2N2O. The van der Waals surface area contributed by atoms with Crippen molar-refractivity contribution in [1.29, 1.82) is 0 Å². The zero-order valence-corrected chi connectivity index (χ0v) is 7.84. The fraction of sp³-hybridized carbons (Fsp3) is 0.444. The summed E-state index contributed by atoms with van der Waals surface area (Å²) in [6, 6.07) is 3.32. The Kier molecular flexibility index (Phi) is 3.76. The molecule has 1 heterocycles. The Bertz CT molecular complexity index is 285. The lowest BCUT2D eigenvalue weighted by Crippen LogP contribution is -2.30. The molecule has 1 rings (SSSR count). The van der Waals surface area contributed by atoms with Gasteiger partial charge in [-0.25, -0.2) is 8.78 Å². The molecule has 5 heteroatoms. The number of hydrogen-bond acceptors (Lipinski definition) is 2. The van der Waals surface area contributed by atoms with Gasteiger partial charge in [0.15, 0.2) is 5.78 Å². The number of ketones is 1. The van der Waals surface area contributed by atoms with Crippen molar-refractivity contribution in [2.24, 2.45) is 0 Å². The van der Waals surface area contributed by atoms with E-state index in [4.69, 9.17) is 0 Å². The Labute approximate surface area is 80.7 Å². The Morgan fingerprint density at radius 2 is 2.36 bits per heavy atom. The van der Waals surface area contributed by atoms with Crippen LogP contribution in [0.4, 0.5) is 8.78 Å². The van der Waals surface area contributed by atoms with Gasteiger partial charge in [0.2, 0.25) is 0 Å². The molecule has 0 saturated carbocycles. The van der Waals surface area contributed by atoms with E-state index in [2.05, 4.69) is 4.98 Å². The summed E-state index contributed by atoms with van der Waals surface area (Å²) in [5, 5.41) is 0.